The standard InChI is InChI=1S/C11H17N3O2S2/c1-2-18(15,16)10-5-4-9(17-10)8-13-11(12)14-6-3-7-14/h4-5H,2-3,6-8H2,1H3,(H2,12,13). The van der Waals surface area contributed by atoms with Gasteiger partial charge in [0.25, 0.3) is 0 Å². The van der Waals surface area contributed by atoms with Gasteiger partial charge in [-0.25, -0.2) is 13.4 Å². The molecule has 2 heterocycles. The Morgan fingerprint density at radius 3 is 2.78 bits per heavy atom. The molecule has 0 atom stereocenters. The smallest absolute Gasteiger partial charge is 0.191 e. The number of guanidine groups is 1. The third kappa shape index (κ3) is 2.84. The van der Waals surface area contributed by atoms with Crippen LogP contribution in [0.1, 0.15) is 18.2 Å². The average molecular weight is 287 g/mol. The molecular weight excluding hydrogens is 270 g/mol. The first-order valence-electron chi connectivity index (χ1n) is 5.89. The highest BCUT2D eigenvalue weighted by molar-refractivity contribution is 7.93. The summed E-state index contributed by atoms with van der Waals surface area (Å²) in [6.07, 6.45) is 1.16. The summed E-state index contributed by atoms with van der Waals surface area (Å²) in [4.78, 5) is 7.21. The van der Waals surface area contributed by atoms with Gasteiger partial charge in [0.15, 0.2) is 15.8 Å². The molecular formula is C11H17N3O2S2. The van der Waals surface area contributed by atoms with Gasteiger partial charge in [-0.05, 0) is 18.6 Å². The van der Waals surface area contributed by atoms with Crippen LogP contribution in [0.15, 0.2) is 21.3 Å². The van der Waals surface area contributed by atoms with E-state index in [1.54, 1.807) is 19.1 Å². The fourth-order valence-electron chi connectivity index (χ4n) is 1.56. The number of nitrogens with two attached hydrogens (primary N) is 1. The van der Waals surface area contributed by atoms with Gasteiger partial charge in [-0.3, -0.25) is 0 Å². The van der Waals surface area contributed by atoms with E-state index in [2.05, 4.69) is 4.99 Å². The molecule has 0 aliphatic carbocycles. The van der Waals surface area contributed by atoms with Gasteiger partial charge in [0, 0.05) is 18.0 Å². The molecule has 1 saturated heterocycles. The normalized spacial score (nSPS) is 16.7. The molecule has 0 aromatic carbocycles. The predicted octanol–water partition coefficient (Wildman–Crippen LogP) is 1.06. The maximum absolute atomic E-state index is 11.7. The van der Waals surface area contributed by atoms with Gasteiger partial charge < -0.3 is 10.6 Å². The molecule has 2 N–H and O–H groups in total. The summed E-state index contributed by atoms with van der Waals surface area (Å²) in [5.74, 6) is 0.682. The minimum Gasteiger partial charge on any atom is -0.370 e. The molecule has 18 heavy (non-hydrogen) atoms. The van der Waals surface area contributed by atoms with E-state index in [4.69, 9.17) is 5.73 Å². The number of rotatable bonds is 4. The van der Waals surface area contributed by atoms with Crippen LogP contribution in [0.5, 0.6) is 0 Å². The lowest BCUT2D eigenvalue weighted by molar-refractivity contribution is 0.295. The summed E-state index contributed by atoms with van der Waals surface area (Å²) in [6.45, 7) is 4.03. The third-order valence-corrected chi connectivity index (χ3v) is 6.29. The second kappa shape index (κ2) is 5.27. The van der Waals surface area contributed by atoms with E-state index in [0.29, 0.717) is 16.7 Å². The Morgan fingerprint density at radius 1 is 1.50 bits per heavy atom. The Bertz CT molecular complexity index is 544. The number of thiophene rings is 1. The van der Waals surface area contributed by atoms with Gasteiger partial charge in [-0.2, -0.15) is 0 Å². The molecule has 0 radical (unpaired) electrons. The van der Waals surface area contributed by atoms with Gasteiger partial charge in [-0.1, -0.05) is 6.92 Å². The molecule has 0 amide bonds. The molecule has 0 bridgehead atoms. The summed E-state index contributed by atoms with van der Waals surface area (Å²) < 4.78 is 23.7. The molecule has 5 nitrogen and oxygen atoms in total. The molecule has 0 spiro atoms. The summed E-state index contributed by atoms with van der Waals surface area (Å²) in [7, 11) is -3.10. The third-order valence-electron chi connectivity index (χ3n) is 2.90. The summed E-state index contributed by atoms with van der Waals surface area (Å²) >= 11 is 1.27. The van der Waals surface area contributed by atoms with Crippen LogP contribution in [0.25, 0.3) is 0 Å². The summed E-state index contributed by atoms with van der Waals surface area (Å²) in [5, 5.41) is 0. The Morgan fingerprint density at radius 2 is 2.22 bits per heavy atom. The number of likely N-dealkylation sites (tertiary alicyclic amines) is 1. The van der Waals surface area contributed by atoms with Crippen molar-refractivity contribution in [2.24, 2.45) is 10.7 Å². The van der Waals surface area contributed by atoms with Crippen molar-refractivity contribution in [2.45, 2.75) is 24.1 Å². The second-order valence-corrected chi connectivity index (χ2v) is 7.81. The summed E-state index contributed by atoms with van der Waals surface area (Å²) in [6, 6.07) is 3.45. The van der Waals surface area contributed by atoms with Crippen molar-refractivity contribution in [1.29, 1.82) is 0 Å². The van der Waals surface area contributed by atoms with Crippen LogP contribution in [-0.4, -0.2) is 38.1 Å². The van der Waals surface area contributed by atoms with Crippen LogP contribution < -0.4 is 5.73 Å². The molecule has 0 unspecified atom stereocenters. The Hall–Kier alpha value is -1.08. The lowest BCUT2D eigenvalue weighted by atomic mass is 10.2. The van der Waals surface area contributed by atoms with E-state index in [1.165, 1.54) is 11.3 Å². The number of nitrogens with zero attached hydrogens (tertiary/aromatic N) is 2. The molecule has 1 fully saturated rings. The minimum absolute atomic E-state index is 0.131. The largest absolute Gasteiger partial charge is 0.370 e. The Labute approximate surface area is 111 Å². The van der Waals surface area contributed by atoms with Crippen molar-refractivity contribution >= 4 is 27.1 Å². The predicted molar refractivity (Wildman–Crippen MR) is 73.6 cm³/mol. The highest BCUT2D eigenvalue weighted by atomic mass is 32.2. The number of aliphatic imine (C=N–C) groups is 1. The van der Waals surface area contributed by atoms with Crippen LogP contribution in [0.4, 0.5) is 0 Å². The van der Waals surface area contributed by atoms with Crippen molar-refractivity contribution in [3.05, 3.63) is 17.0 Å². The first-order chi connectivity index (χ1) is 8.53. The molecule has 1 aliphatic heterocycles. The minimum atomic E-state index is -3.10. The lowest BCUT2D eigenvalue weighted by Gasteiger charge is -2.31. The number of hydrogen-bond donors (Lipinski definition) is 1. The molecule has 2 rings (SSSR count). The van der Waals surface area contributed by atoms with Crippen LogP contribution in [0.3, 0.4) is 0 Å². The van der Waals surface area contributed by atoms with Crippen LogP contribution in [0, 0.1) is 0 Å². The van der Waals surface area contributed by atoms with E-state index in [9.17, 15) is 8.42 Å². The number of hydrogen-bond acceptors (Lipinski definition) is 4. The van der Waals surface area contributed by atoms with Crippen LogP contribution in [-0.2, 0) is 16.4 Å². The van der Waals surface area contributed by atoms with E-state index in [1.807, 2.05) is 4.90 Å². The SMILES string of the molecule is CCS(=O)(=O)c1ccc(CN=C(N)N2CCC2)s1. The monoisotopic (exact) mass is 287 g/mol. The fraction of sp³-hybridized carbons (Fsp3) is 0.545. The zero-order valence-electron chi connectivity index (χ0n) is 10.3. The Balaban J connectivity index is 2.03. The molecule has 1 aromatic heterocycles. The van der Waals surface area contributed by atoms with Crippen molar-refractivity contribution < 1.29 is 8.42 Å². The molecule has 100 valence electrons. The lowest BCUT2D eigenvalue weighted by Crippen LogP contribution is -2.46. The first kappa shape index (κ1) is 13.4. The molecule has 1 aromatic rings. The van der Waals surface area contributed by atoms with Gasteiger partial charge >= 0.3 is 0 Å². The van der Waals surface area contributed by atoms with Gasteiger partial charge in [-0.15, -0.1) is 11.3 Å². The van der Waals surface area contributed by atoms with E-state index < -0.39 is 9.84 Å². The zero-order valence-corrected chi connectivity index (χ0v) is 11.9. The van der Waals surface area contributed by atoms with Gasteiger partial charge in [0.2, 0.25) is 0 Å². The summed E-state index contributed by atoms with van der Waals surface area (Å²) in [5.41, 5.74) is 5.81. The maximum Gasteiger partial charge on any atom is 0.191 e. The van der Waals surface area contributed by atoms with E-state index >= 15 is 0 Å². The highest BCUT2D eigenvalue weighted by Gasteiger charge is 2.16. The van der Waals surface area contributed by atoms with E-state index in [0.717, 1.165) is 24.4 Å². The van der Waals surface area contributed by atoms with Crippen LogP contribution >= 0.6 is 11.3 Å². The highest BCUT2D eigenvalue weighted by Crippen LogP contribution is 2.23. The fourth-order valence-corrected chi connectivity index (χ4v) is 3.96. The zero-order chi connectivity index (χ0) is 13.2. The van der Waals surface area contributed by atoms with Crippen molar-refractivity contribution in [1.82, 2.24) is 4.90 Å². The average Bonchev–Trinajstić information content (AvgIpc) is 2.73. The van der Waals surface area contributed by atoms with Gasteiger partial charge in [0.05, 0.1) is 12.3 Å². The van der Waals surface area contributed by atoms with Crippen molar-refractivity contribution in [3.63, 3.8) is 0 Å². The molecule has 1 aliphatic rings. The quantitative estimate of drug-likeness (QED) is 0.663. The van der Waals surface area contributed by atoms with Crippen molar-refractivity contribution in [3.8, 4) is 0 Å². The molecule has 7 heteroatoms. The second-order valence-electron chi connectivity index (χ2n) is 4.14. The van der Waals surface area contributed by atoms with Crippen LogP contribution in [0.2, 0.25) is 0 Å². The maximum atomic E-state index is 11.7. The Kier molecular flexibility index (Phi) is 3.91. The van der Waals surface area contributed by atoms with Gasteiger partial charge in [0.1, 0.15) is 4.21 Å². The topological polar surface area (TPSA) is 75.8 Å². The van der Waals surface area contributed by atoms with Crippen molar-refractivity contribution in [2.75, 3.05) is 18.8 Å². The number of sulfone groups is 1. The van der Waals surface area contributed by atoms with E-state index in [-0.39, 0.29) is 5.75 Å². The molecule has 0 saturated carbocycles. The first-order valence-corrected chi connectivity index (χ1v) is 8.36.